The number of pyridine rings is 1. The number of urea groups is 1. The Balaban J connectivity index is 1.30. The normalized spacial score (nSPS) is 15.1. The van der Waals surface area contributed by atoms with Gasteiger partial charge in [0.25, 0.3) is 0 Å². The number of primary amides is 2. The van der Waals surface area contributed by atoms with Crippen LogP contribution in [0.1, 0.15) is 94.9 Å². The van der Waals surface area contributed by atoms with Crippen LogP contribution in [0.3, 0.4) is 0 Å². The van der Waals surface area contributed by atoms with E-state index in [4.69, 9.17) is 34.5 Å². The number of phenolic OH excluding ortho intramolecular Hbond substituents is 1. The number of carbonyl (C=O) groups is 11. The highest BCUT2D eigenvalue weighted by atomic mass is 35.5. The highest BCUT2D eigenvalue weighted by Gasteiger charge is 2.40. The topological polar surface area (TPSA) is 449 Å². The van der Waals surface area contributed by atoms with Crippen LogP contribution in [0.25, 0.3) is 10.8 Å². The summed E-state index contributed by atoms with van der Waals surface area (Å²) >= 11 is 6.25. The summed E-state index contributed by atoms with van der Waals surface area (Å²) in [4.78, 5) is 163. The predicted molar refractivity (Wildman–Crippen MR) is 359 cm³/mol. The molecule has 6 rings (SSSR count). The van der Waals surface area contributed by atoms with Crippen LogP contribution in [0.15, 0.2) is 121 Å². The van der Waals surface area contributed by atoms with Crippen molar-refractivity contribution in [3.63, 3.8) is 0 Å². The predicted octanol–water partition coefficient (Wildman–Crippen LogP) is 0.807. The maximum atomic E-state index is 15.1. The first-order valence-electron chi connectivity index (χ1n) is 31.7. The Kier molecular flexibility index (Phi) is 28.7. The van der Waals surface area contributed by atoms with E-state index in [9.17, 15) is 48.3 Å². The summed E-state index contributed by atoms with van der Waals surface area (Å²) in [5.41, 5.74) is 24.1. The van der Waals surface area contributed by atoms with E-state index >= 15 is 9.59 Å². The summed E-state index contributed by atoms with van der Waals surface area (Å²) in [6.45, 7) is 6.37. The molecule has 29 heteroatoms. The molecular weight excluding hydrogens is 1260 g/mol. The number of nitrogens with zero attached hydrogens (tertiary/aromatic N) is 3. The van der Waals surface area contributed by atoms with E-state index in [-0.39, 0.29) is 101 Å². The molecule has 5 aromatic rings. The van der Waals surface area contributed by atoms with Gasteiger partial charge >= 0.3 is 6.03 Å². The number of rotatable bonds is 35. The molecule has 1 aromatic heterocycles. The molecule has 2 heterocycles. The lowest BCUT2D eigenvalue weighted by Crippen LogP contribution is -2.61. The van der Waals surface area contributed by atoms with Gasteiger partial charge in [-0.15, -0.1) is 0 Å². The molecule has 1 fully saturated rings. The summed E-state index contributed by atoms with van der Waals surface area (Å²) in [6.07, 6.45) is 3.12. The Hall–Kier alpha value is -10.4. The van der Waals surface area contributed by atoms with E-state index in [1.807, 2.05) is 42.5 Å². The third kappa shape index (κ3) is 24.2. The van der Waals surface area contributed by atoms with Crippen molar-refractivity contribution in [3.8, 4) is 5.75 Å². The number of amides is 12. The number of benzene rings is 4. The molecule has 0 bridgehead atoms. The van der Waals surface area contributed by atoms with Gasteiger partial charge in [-0.3, -0.25) is 57.9 Å². The molecule has 1 aliphatic heterocycles. The van der Waals surface area contributed by atoms with Gasteiger partial charge < -0.3 is 80.8 Å². The molecule has 0 radical (unpaired) electrons. The highest BCUT2D eigenvalue weighted by Crippen LogP contribution is 2.22. The first-order chi connectivity index (χ1) is 45.7. The van der Waals surface area contributed by atoms with E-state index in [2.05, 4.69) is 57.8 Å². The second kappa shape index (κ2) is 36.9. The number of guanidine groups is 1. The Morgan fingerprint density at radius 1 is 0.583 bits per heavy atom. The van der Waals surface area contributed by atoms with Crippen molar-refractivity contribution >= 4 is 93.4 Å². The van der Waals surface area contributed by atoms with Crippen LogP contribution in [0.4, 0.5) is 4.79 Å². The van der Waals surface area contributed by atoms with E-state index < -0.39 is 119 Å². The number of nitrogens with two attached hydrogens (primary N) is 4. The standard InChI is InChI=1S/C67H87ClN16O12/c1-38(2)31-51(59(89)79-50(15-9-28-74-66(70)71)65(95)84-30-10-16-56(84)64(94)76-39(3)57(69)87)80-58(88)49(14-8-29-75-67(72)96)78-61(91)53(34-42-20-25-48(86)26-21-42)82-63(93)55(36-44-11-7-27-73-37-44)83-62(92)54(33-41-18-23-47(68)24-19-41)81-60(90)52(77-40(4)85)35-43-17-22-45-12-5-6-13-46(45)32-43/h5-7,11-13,17-27,32,37-39,49-56,86H,8-10,14-16,28-31,33-36H2,1-4H3,(H2,69,87)(H,76,94)(H,77,85)(H,78,91)(H,79,89)(H,80,88)(H,81,90)(H,82,93)(H,83,92)(H4,70,71,74)(H3,72,75,96)/t39-,49-,50+,51+,52-,53+,54-,55-,56+/m1/s1. The Morgan fingerprint density at radius 3 is 1.66 bits per heavy atom. The monoisotopic (exact) mass is 1340 g/mol. The fourth-order valence-electron chi connectivity index (χ4n) is 10.9. The van der Waals surface area contributed by atoms with Crippen LogP contribution in [0.5, 0.6) is 5.75 Å². The van der Waals surface area contributed by atoms with Gasteiger partial charge in [0.15, 0.2) is 5.96 Å². The smallest absolute Gasteiger partial charge is 0.312 e. The van der Waals surface area contributed by atoms with Gasteiger partial charge in [0.1, 0.15) is 60.1 Å². The number of likely N-dealkylation sites (tertiary alicyclic amines) is 1. The zero-order valence-corrected chi connectivity index (χ0v) is 54.9. The lowest BCUT2D eigenvalue weighted by Gasteiger charge is -2.31. The number of phenols is 1. The average Bonchev–Trinajstić information content (AvgIpc) is 1.97. The Bertz CT molecular complexity index is 3560. The van der Waals surface area contributed by atoms with Crippen LogP contribution in [-0.4, -0.2) is 160 Å². The zero-order chi connectivity index (χ0) is 70.0. The first-order valence-corrected chi connectivity index (χ1v) is 32.1. The summed E-state index contributed by atoms with van der Waals surface area (Å²) in [6, 6.07) is 16.1. The van der Waals surface area contributed by atoms with Gasteiger partial charge in [0, 0.05) is 69.7 Å². The number of aliphatic imine (C=N–C) groups is 1. The van der Waals surface area contributed by atoms with E-state index in [0.29, 0.717) is 28.1 Å². The SMILES string of the molecule is CC(=O)N[C@H](Cc1ccc2ccccc2c1)C(=O)N[C@H](Cc1ccc(Cl)cc1)C(=O)N[C@H](Cc1cccnc1)C(=O)N[C@@H](Cc1ccc(O)cc1)C(=O)N[C@H](CCCNC(N)=O)C(=O)N[C@@H](CC(C)C)C(=O)N[C@@H](CCCN=C(N)N)C(=O)N1CCC[C@H]1C(=O)N[C@H](C)C(N)=O. The second-order valence-corrected chi connectivity index (χ2v) is 24.5. The minimum Gasteiger partial charge on any atom is -0.508 e. The maximum Gasteiger partial charge on any atom is 0.312 e. The lowest BCUT2D eigenvalue weighted by atomic mass is 9.99. The fourth-order valence-corrected chi connectivity index (χ4v) is 11.1. The van der Waals surface area contributed by atoms with Crippen molar-refractivity contribution < 1.29 is 57.8 Å². The molecule has 4 aromatic carbocycles. The van der Waals surface area contributed by atoms with Crippen molar-refractivity contribution in [3.05, 3.63) is 143 Å². The van der Waals surface area contributed by atoms with Crippen molar-refractivity contribution in [2.75, 3.05) is 19.6 Å². The van der Waals surface area contributed by atoms with Crippen molar-refractivity contribution in [1.29, 1.82) is 0 Å². The molecular formula is C67H87ClN16O12. The number of hydrogen-bond acceptors (Lipinski definition) is 14. The molecule has 28 nitrogen and oxygen atoms in total. The molecule has 12 amide bonds. The van der Waals surface area contributed by atoms with Gasteiger partial charge in [-0.1, -0.05) is 98.2 Å². The number of aromatic nitrogens is 1. The van der Waals surface area contributed by atoms with E-state index in [1.165, 1.54) is 55.4 Å². The van der Waals surface area contributed by atoms with Crippen LogP contribution in [0, 0.1) is 5.92 Å². The molecule has 0 spiro atoms. The Labute approximate surface area is 561 Å². The first kappa shape index (κ1) is 74.7. The summed E-state index contributed by atoms with van der Waals surface area (Å²) in [7, 11) is 0. The number of hydrogen-bond donors (Lipinski definition) is 14. The van der Waals surface area contributed by atoms with E-state index in [1.54, 1.807) is 50.2 Å². The number of carbonyl (C=O) groups excluding carboxylic acids is 11. The summed E-state index contributed by atoms with van der Waals surface area (Å²) in [5, 5.41) is 36.8. The second-order valence-electron chi connectivity index (χ2n) is 24.1. The molecule has 514 valence electrons. The van der Waals surface area contributed by atoms with Gasteiger partial charge in [0.2, 0.25) is 59.1 Å². The summed E-state index contributed by atoms with van der Waals surface area (Å²) in [5.74, 6) is -8.21. The van der Waals surface area contributed by atoms with Gasteiger partial charge in [0.05, 0.1) is 0 Å². The third-order valence-corrected chi connectivity index (χ3v) is 16.1. The number of nitrogens with one attached hydrogen (secondary N) is 9. The Morgan fingerprint density at radius 2 is 1.09 bits per heavy atom. The summed E-state index contributed by atoms with van der Waals surface area (Å²) < 4.78 is 0. The van der Waals surface area contributed by atoms with Gasteiger partial charge in [-0.05, 0) is 121 Å². The van der Waals surface area contributed by atoms with Crippen LogP contribution in [-0.2, 0) is 73.6 Å². The van der Waals surface area contributed by atoms with E-state index in [0.717, 1.165) is 16.3 Å². The van der Waals surface area contributed by atoms with Crippen molar-refractivity contribution in [2.24, 2.45) is 33.8 Å². The van der Waals surface area contributed by atoms with Gasteiger partial charge in [-0.25, -0.2) is 4.79 Å². The zero-order valence-electron chi connectivity index (χ0n) is 54.1. The molecule has 1 saturated heterocycles. The van der Waals surface area contributed by atoms with Crippen molar-refractivity contribution in [2.45, 2.75) is 153 Å². The number of fused-ring (bicyclic) bond motifs is 1. The minimum atomic E-state index is -1.55. The largest absolute Gasteiger partial charge is 0.508 e. The van der Waals surface area contributed by atoms with Gasteiger partial charge in [-0.2, -0.15) is 0 Å². The maximum absolute atomic E-state index is 15.1. The van der Waals surface area contributed by atoms with Crippen LogP contribution in [0.2, 0.25) is 5.02 Å². The molecule has 0 unspecified atom stereocenters. The fraction of sp³-hybridized carbons (Fsp3) is 0.418. The highest BCUT2D eigenvalue weighted by molar-refractivity contribution is 6.30. The van der Waals surface area contributed by atoms with Crippen LogP contribution >= 0.6 is 11.6 Å². The molecule has 0 saturated carbocycles. The van der Waals surface area contributed by atoms with Crippen molar-refractivity contribution in [1.82, 2.24) is 57.7 Å². The number of aromatic hydroxyl groups is 1. The quantitative estimate of drug-likeness (QED) is 0.0152. The minimum absolute atomic E-state index is 0.00511. The molecule has 96 heavy (non-hydrogen) atoms. The lowest BCUT2D eigenvalue weighted by molar-refractivity contribution is -0.142. The average molecular weight is 1340 g/mol. The third-order valence-electron chi connectivity index (χ3n) is 15.9. The number of halogens is 1. The molecule has 1 aliphatic rings. The molecule has 18 N–H and O–H groups in total. The molecule has 9 atom stereocenters. The molecule has 0 aliphatic carbocycles. The van der Waals surface area contributed by atoms with Crippen LogP contribution < -0.4 is 70.8 Å².